The van der Waals surface area contributed by atoms with E-state index in [4.69, 9.17) is 4.74 Å². The van der Waals surface area contributed by atoms with Crippen molar-refractivity contribution in [1.82, 2.24) is 14.8 Å². The smallest absolute Gasteiger partial charge is 0.257 e. The zero-order valence-electron chi connectivity index (χ0n) is 17.5. The highest BCUT2D eigenvalue weighted by atomic mass is 32.1. The Balaban J connectivity index is 1.40. The van der Waals surface area contributed by atoms with Crippen molar-refractivity contribution in [3.8, 4) is 0 Å². The molecule has 5 rings (SSSR count). The minimum atomic E-state index is -0.839. The molecule has 5 nitrogen and oxygen atoms in total. The molecule has 1 aromatic carbocycles. The van der Waals surface area contributed by atoms with Gasteiger partial charge in [-0.3, -0.25) is 14.7 Å². The maximum absolute atomic E-state index is 13.8. The number of hydrogen-bond donors (Lipinski definition) is 0. The number of nitrogens with zero attached hydrogens (tertiary/aromatic N) is 3. The van der Waals surface area contributed by atoms with Crippen molar-refractivity contribution in [2.75, 3.05) is 32.8 Å². The summed E-state index contributed by atoms with van der Waals surface area (Å²) >= 11 is 1.67. The van der Waals surface area contributed by atoms with Crippen molar-refractivity contribution in [1.29, 1.82) is 0 Å². The third-order valence-electron chi connectivity index (χ3n) is 6.43. The fourth-order valence-corrected chi connectivity index (χ4v) is 5.52. The molecule has 2 fully saturated rings. The average Bonchev–Trinajstić information content (AvgIpc) is 3.45. The molecule has 1 amide bonds. The Bertz CT molecular complexity index is 996. The maximum atomic E-state index is 13.8. The lowest BCUT2D eigenvalue weighted by Crippen LogP contribution is -2.60. The monoisotopic (exact) mass is 433 g/mol. The molecule has 4 heterocycles. The summed E-state index contributed by atoms with van der Waals surface area (Å²) in [5, 5.41) is 4.18. The molecule has 160 valence electrons. The lowest BCUT2D eigenvalue weighted by molar-refractivity contribution is -0.173. The van der Waals surface area contributed by atoms with Crippen molar-refractivity contribution in [2.45, 2.75) is 24.5 Å². The van der Waals surface area contributed by atoms with Crippen molar-refractivity contribution in [3.05, 3.63) is 88.4 Å². The maximum Gasteiger partial charge on any atom is 0.257 e. The van der Waals surface area contributed by atoms with Gasteiger partial charge in [-0.1, -0.05) is 36.4 Å². The van der Waals surface area contributed by atoms with Gasteiger partial charge < -0.3 is 9.64 Å². The summed E-state index contributed by atoms with van der Waals surface area (Å²) in [5.41, 5.74) is 2.74. The molecule has 2 aliphatic heterocycles. The highest BCUT2D eigenvalue weighted by molar-refractivity contribution is 7.07. The Morgan fingerprint density at radius 2 is 2.03 bits per heavy atom. The second-order valence-corrected chi connectivity index (χ2v) is 9.19. The molecule has 0 aliphatic carbocycles. The molecule has 0 radical (unpaired) electrons. The largest absolute Gasteiger partial charge is 0.361 e. The van der Waals surface area contributed by atoms with E-state index in [0.29, 0.717) is 26.2 Å². The van der Waals surface area contributed by atoms with E-state index in [1.165, 1.54) is 11.1 Å². The Morgan fingerprint density at radius 3 is 2.81 bits per heavy atom. The number of morpholine rings is 1. The summed E-state index contributed by atoms with van der Waals surface area (Å²) in [6, 6.07) is 16.7. The zero-order valence-corrected chi connectivity index (χ0v) is 18.3. The number of ether oxygens (including phenoxy) is 1. The number of likely N-dealkylation sites (tertiary alicyclic amines) is 1. The number of pyridine rings is 1. The normalized spacial score (nSPS) is 24.2. The van der Waals surface area contributed by atoms with Gasteiger partial charge in [0.2, 0.25) is 0 Å². The first-order valence-corrected chi connectivity index (χ1v) is 11.8. The van der Waals surface area contributed by atoms with Crippen LogP contribution in [0.3, 0.4) is 0 Å². The molecule has 3 aromatic rings. The SMILES string of the molecule is O=C1N(Cc2ccsc2)CCOC12CN(CCc1ccccc1)CC2c1cccnc1. The van der Waals surface area contributed by atoms with Crippen LogP contribution in [0, 0.1) is 0 Å². The summed E-state index contributed by atoms with van der Waals surface area (Å²) in [6.45, 7) is 4.19. The number of carbonyl (C=O) groups is 1. The van der Waals surface area contributed by atoms with Gasteiger partial charge in [-0.15, -0.1) is 0 Å². The van der Waals surface area contributed by atoms with Crippen molar-refractivity contribution in [2.24, 2.45) is 0 Å². The van der Waals surface area contributed by atoms with Crippen LogP contribution in [-0.4, -0.2) is 59.1 Å². The van der Waals surface area contributed by atoms with E-state index >= 15 is 0 Å². The van der Waals surface area contributed by atoms with E-state index in [9.17, 15) is 4.79 Å². The van der Waals surface area contributed by atoms with Crippen LogP contribution in [0.4, 0.5) is 0 Å². The number of amides is 1. The van der Waals surface area contributed by atoms with E-state index in [1.807, 2.05) is 23.2 Å². The standard InChI is InChI=1S/C25H27N3O2S/c29-24-25(30-13-12-28(24)16-21-9-14-31-18-21)19-27(11-8-20-5-2-1-3-6-20)17-23(25)22-7-4-10-26-15-22/h1-7,9-10,14-15,18,23H,8,11-13,16-17,19H2. The minimum Gasteiger partial charge on any atom is -0.361 e. The van der Waals surface area contributed by atoms with Gasteiger partial charge in [0.15, 0.2) is 5.60 Å². The summed E-state index contributed by atoms with van der Waals surface area (Å²) in [6.07, 6.45) is 4.63. The molecule has 2 atom stereocenters. The summed E-state index contributed by atoms with van der Waals surface area (Å²) in [4.78, 5) is 22.5. The van der Waals surface area contributed by atoms with Crippen LogP contribution in [0.15, 0.2) is 71.7 Å². The molecule has 0 bridgehead atoms. The highest BCUT2D eigenvalue weighted by Gasteiger charge is 2.56. The van der Waals surface area contributed by atoms with Crippen molar-refractivity contribution >= 4 is 17.2 Å². The van der Waals surface area contributed by atoms with Gasteiger partial charge in [0.1, 0.15) is 0 Å². The van der Waals surface area contributed by atoms with Gasteiger partial charge in [-0.25, -0.2) is 0 Å². The zero-order chi connectivity index (χ0) is 21.1. The first-order chi connectivity index (χ1) is 15.2. The van der Waals surface area contributed by atoms with Crippen molar-refractivity contribution in [3.63, 3.8) is 0 Å². The Kier molecular flexibility index (Phi) is 5.85. The second kappa shape index (κ2) is 8.91. The molecule has 6 heteroatoms. The quantitative estimate of drug-likeness (QED) is 0.596. The van der Waals surface area contributed by atoms with Crippen LogP contribution >= 0.6 is 11.3 Å². The second-order valence-electron chi connectivity index (χ2n) is 8.41. The van der Waals surface area contributed by atoms with Crippen LogP contribution in [0.1, 0.15) is 22.6 Å². The molecular weight excluding hydrogens is 406 g/mol. The van der Waals surface area contributed by atoms with Crippen LogP contribution in [0.25, 0.3) is 0 Å². The summed E-state index contributed by atoms with van der Waals surface area (Å²) < 4.78 is 6.38. The number of aromatic nitrogens is 1. The molecule has 0 saturated carbocycles. The lowest BCUT2D eigenvalue weighted by Gasteiger charge is -2.42. The summed E-state index contributed by atoms with van der Waals surface area (Å²) in [7, 11) is 0. The van der Waals surface area contributed by atoms with Gasteiger partial charge in [-0.2, -0.15) is 11.3 Å². The molecular formula is C25H27N3O2S. The van der Waals surface area contributed by atoms with Gasteiger partial charge in [0.25, 0.3) is 5.91 Å². The predicted octanol–water partition coefficient (Wildman–Crippen LogP) is 3.58. The number of rotatable bonds is 6. The van der Waals surface area contributed by atoms with Gasteiger partial charge >= 0.3 is 0 Å². The minimum absolute atomic E-state index is 0.0188. The van der Waals surface area contributed by atoms with Gasteiger partial charge in [0, 0.05) is 51.0 Å². The van der Waals surface area contributed by atoms with Crippen LogP contribution < -0.4 is 0 Å². The van der Waals surface area contributed by atoms with E-state index in [1.54, 1.807) is 17.5 Å². The van der Waals surface area contributed by atoms with Crippen molar-refractivity contribution < 1.29 is 9.53 Å². The fourth-order valence-electron chi connectivity index (χ4n) is 4.86. The first-order valence-electron chi connectivity index (χ1n) is 10.9. The number of carbonyl (C=O) groups excluding carboxylic acids is 1. The average molecular weight is 434 g/mol. The Hall–Kier alpha value is -2.54. The number of hydrogen-bond acceptors (Lipinski definition) is 5. The molecule has 2 aromatic heterocycles. The highest BCUT2D eigenvalue weighted by Crippen LogP contribution is 2.42. The fraction of sp³-hybridized carbons (Fsp3) is 0.360. The molecule has 2 unspecified atom stereocenters. The topological polar surface area (TPSA) is 45.7 Å². The first kappa shape index (κ1) is 20.4. The van der Waals surface area contributed by atoms with E-state index < -0.39 is 5.60 Å². The van der Waals surface area contributed by atoms with Crippen LogP contribution in [0.5, 0.6) is 0 Å². The third kappa shape index (κ3) is 4.15. The Morgan fingerprint density at radius 1 is 1.13 bits per heavy atom. The lowest BCUT2D eigenvalue weighted by atomic mass is 9.83. The van der Waals surface area contributed by atoms with Crippen LogP contribution in [0.2, 0.25) is 0 Å². The molecule has 1 spiro atoms. The summed E-state index contributed by atoms with van der Waals surface area (Å²) in [5.74, 6) is 0.0933. The molecule has 0 N–H and O–H groups in total. The number of benzene rings is 1. The van der Waals surface area contributed by atoms with Crippen LogP contribution in [-0.2, 0) is 22.5 Å². The number of thiophene rings is 1. The molecule has 31 heavy (non-hydrogen) atoms. The predicted molar refractivity (Wildman–Crippen MR) is 122 cm³/mol. The molecule has 2 aliphatic rings. The Labute approximate surface area is 187 Å². The van der Waals surface area contributed by atoms with E-state index in [2.05, 4.69) is 57.0 Å². The van der Waals surface area contributed by atoms with E-state index in [0.717, 1.165) is 25.1 Å². The molecule has 2 saturated heterocycles. The van der Waals surface area contributed by atoms with E-state index in [-0.39, 0.29) is 11.8 Å². The van der Waals surface area contributed by atoms with Gasteiger partial charge in [-0.05, 0) is 46.0 Å². The van der Waals surface area contributed by atoms with Gasteiger partial charge in [0.05, 0.1) is 6.61 Å². The third-order valence-corrected chi connectivity index (χ3v) is 7.16.